The lowest BCUT2D eigenvalue weighted by molar-refractivity contribution is -0.126. The van der Waals surface area contributed by atoms with Crippen LogP contribution in [0.15, 0.2) is 54.7 Å². The molecule has 0 aromatic heterocycles. The van der Waals surface area contributed by atoms with Crippen molar-refractivity contribution >= 4 is 11.8 Å². The minimum Gasteiger partial charge on any atom is -0.489 e. The molecule has 0 saturated carbocycles. The molecule has 2 aromatic carbocycles. The Bertz CT molecular complexity index is 1130. The number of carbonyl (C=O) groups excluding carboxylic acids is 2. The van der Waals surface area contributed by atoms with Gasteiger partial charge >= 0.3 is 0 Å². The molecule has 6 heteroatoms. The van der Waals surface area contributed by atoms with Crippen molar-refractivity contribution in [1.29, 1.82) is 0 Å². The molecule has 36 heavy (non-hydrogen) atoms. The van der Waals surface area contributed by atoms with Crippen LogP contribution in [0.2, 0.25) is 0 Å². The zero-order valence-electron chi connectivity index (χ0n) is 21.5. The maximum Gasteiger partial charge on any atom is 0.255 e. The van der Waals surface area contributed by atoms with Gasteiger partial charge in [0.15, 0.2) is 0 Å². The molecule has 3 aliphatic heterocycles. The summed E-state index contributed by atoms with van der Waals surface area (Å²) >= 11 is 0. The highest BCUT2D eigenvalue weighted by atomic mass is 16.5. The smallest absolute Gasteiger partial charge is 0.255 e. The van der Waals surface area contributed by atoms with E-state index < -0.39 is 6.04 Å². The molecule has 0 bridgehead atoms. The van der Waals surface area contributed by atoms with Gasteiger partial charge in [-0.25, -0.2) is 0 Å². The summed E-state index contributed by atoms with van der Waals surface area (Å²) < 4.78 is 6.18. The molecule has 0 radical (unpaired) electrons. The molecule has 0 aliphatic carbocycles. The second-order valence-corrected chi connectivity index (χ2v) is 10.8. The second kappa shape index (κ2) is 10.5. The number of fused-ring (bicyclic) bond motifs is 1. The third kappa shape index (κ3) is 5.19. The van der Waals surface area contributed by atoms with Crippen LogP contribution in [0.4, 0.5) is 0 Å². The van der Waals surface area contributed by atoms with Crippen LogP contribution in [0.25, 0.3) is 0 Å². The molecule has 190 valence electrons. The zero-order valence-corrected chi connectivity index (χ0v) is 21.5. The first-order chi connectivity index (χ1) is 17.4. The number of amides is 2. The molecule has 0 spiro atoms. The van der Waals surface area contributed by atoms with Crippen molar-refractivity contribution in [1.82, 2.24) is 15.1 Å². The third-order valence-electron chi connectivity index (χ3n) is 8.05. The van der Waals surface area contributed by atoms with E-state index in [0.717, 1.165) is 29.5 Å². The Morgan fingerprint density at radius 2 is 1.75 bits per heavy atom. The number of benzene rings is 2. The number of nitrogens with one attached hydrogen (secondary N) is 1. The van der Waals surface area contributed by atoms with Crippen molar-refractivity contribution in [3.63, 3.8) is 0 Å². The number of piperidine rings is 2. The summed E-state index contributed by atoms with van der Waals surface area (Å²) in [6.07, 6.45) is 3.88. The first kappa shape index (κ1) is 24.6. The maximum absolute atomic E-state index is 13.1. The van der Waals surface area contributed by atoms with E-state index in [9.17, 15) is 9.59 Å². The molecular formula is C30H37N3O3. The number of nitrogens with zero attached hydrogens (tertiary/aromatic N) is 2. The van der Waals surface area contributed by atoms with Crippen LogP contribution in [-0.4, -0.2) is 40.7 Å². The van der Waals surface area contributed by atoms with Crippen molar-refractivity contribution in [3.05, 3.63) is 77.0 Å². The van der Waals surface area contributed by atoms with Gasteiger partial charge in [-0.15, -0.1) is 0 Å². The molecule has 3 aliphatic rings. The van der Waals surface area contributed by atoms with E-state index in [1.807, 2.05) is 18.2 Å². The van der Waals surface area contributed by atoms with Crippen molar-refractivity contribution < 1.29 is 14.3 Å². The average molecular weight is 488 g/mol. The standard InChI is InChI=1S/C30H37N3O3/c1-20(2)24-13-15-32(16-14-24)17-22-8-10-23(11-9-22)19-36-28-6-4-5-25-26(28)18-33(30(25)35)27-12-7-21(3)31-29(27)34/h4-6,8-11,20,24,27H,3,7,12-19H2,1-2H3,(H,31,34). The predicted octanol–water partition coefficient (Wildman–Crippen LogP) is 4.88. The van der Waals surface area contributed by atoms with Crippen molar-refractivity contribution in [3.8, 4) is 5.75 Å². The van der Waals surface area contributed by atoms with Crippen molar-refractivity contribution in [2.24, 2.45) is 11.8 Å². The average Bonchev–Trinajstić information content (AvgIpc) is 3.21. The number of ether oxygens (including phenoxy) is 1. The highest BCUT2D eigenvalue weighted by Gasteiger charge is 2.39. The fourth-order valence-corrected chi connectivity index (χ4v) is 5.71. The minimum absolute atomic E-state index is 0.107. The zero-order chi connectivity index (χ0) is 25.2. The number of carbonyl (C=O) groups is 2. The number of likely N-dealkylation sites (tertiary alicyclic amines) is 1. The highest BCUT2D eigenvalue weighted by molar-refractivity contribution is 6.02. The van der Waals surface area contributed by atoms with Gasteiger partial charge in [-0.1, -0.05) is 50.8 Å². The summed E-state index contributed by atoms with van der Waals surface area (Å²) in [5, 5.41) is 2.79. The Labute approximate surface area is 214 Å². The third-order valence-corrected chi connectivity index (χ3v) is 8.05. The molecule has 1 atom stereocenters. The van der Waals surface area contributed by atoms with Gasteiger partial charge in [0.1, 0.15) is 18.4 Å². The molecule has 2 fully saturated rings. The summed E-state index contributed by atoms with van der Waals surface area (Å²) in [6, 6.07) is 13.8. The Balaban J connectivity index is 1.18. The van der Waals surface area contributed by atoms with E-state index in [0.29, 0.717) is 43.0 Å². The van der Waals surface area contributed by atoms with E-state index >= 15 is 0 Å². The fourth-order valence-electron chi connectivity index (χ4n) is 5.71. The van der Waals surface area contributed by atoms with E-state index in [-0.39, 0.29) is 11.8 Å². The quantitative estimate of drug-likeness (QED) is 0.605. The van der Waals surface area contributed by atoms with Gasteiger partial charge < -0.3 is 15.0 Å². The summed E-state index contributed by atoms with van der Waals surface area (Å²) in [7, 11) is 0. The molecule has 1 N–H and O–H groups in total. The first-order valence-corrected chi connectivity index (χ1v) is 13.2. The van der Waals surface area contributed by atoms with E-state index in [2.05, 4.69) is 54.9 Å². The number of hydrogen-bond donors (Lipinski definition) is 1. The number of allylic oxidation sites excluding steroid dienone is 1. The van der Waals surface area contributed by atoms with Crippen LogP contribution in [0, 0.1) is 11.8 Å². The normalized spacial score (nSPS) is 21.1. The van der Waals surface area contributed by atoms with E-state index in [1.165, 1.54) is 31.5 Å². The molecule has 5 rings (SSSR count). The summed E-state index contributed by atoms with van der Waals surface area (Å²) in [5.41, 5.74) is 4.63. The Hall–Kier alpha value is -3.12. The van der Waals surface area contributed by atoms with Crippen LogP contribution >= 0.6 is 0 Å². The molecule has 6 nitrogen and oxygen atoms in total. The van der Waals surface area contributed by atoms with Gasteiger partial charge in [0.25, 0.3) is 5.91 Å². The van der Waals surface area contributed by atoms with Gasteiger partial charge in [-0.3, -0.25) is 14.5 Å². The van der Waals surface area contributed by atoms with Crippen LogP contribution in [0.3, 0.4) is 0 Å². The van der Waals surface area contributed by atoms with Gasteiger partial charge in [-0.2, -0.15) is 0 Å². The molecule has 2 amide bonds. The van der Waals surface area contributed by atoms with Gasteiger partial charge in [0.05, 0.1) is 6.54 Å². The molecule has 1 unspecified atom stereocenters. The number of hydrogen-bond acceptors (Lipinski definition) is 4. The Kier molecular flexibility index (Phi) is 7.15. The summed E-state index contributed by atoms with van der Waals surface area (Å²) in [6.45, 7) is 12.7. The monoisotopic (exact) mass is 487 g/mol. The van der Waals surface area contributed by atoms with Crippen molar-refractivity contribution in [2.45, 2.75) is 65.3 Å². The largest absolute Gasteiger partial charge is 0.489 e. The van der Waals surface area contributed by atoms with Gasteiger partial charge in [-0.05, 0) is 73.9 Å². The van der Waals surface area contributed by atoms with Crippen LogP contribution in [-0.2, 0) is 24.5 Å². The number of rotatable bonds is 7. The van der Waals surface area contributed by atoms with Crippen LogP contribution in [0.1, 0.15) is 66.6 Å². The van der Waals surface area contributed by atoms with Crippen molar-refractivity contribution in [2.75, 3.05) is 13.1 Å². The first-order valence-electron chi connectivity index (χ1n) is 13.2. The van der Waals surface area contributed by atoms with Crippen LogP contribution < -0.4 is 10.1 Å². The highest BCUT2D eigenvalue weighted by Crippen LogP contribution is 2.34. The lowest BCUT2D eigenvalue weighted by Gasteiger charge is -2.33. The Morgan fingerprint density at radius 3 is 2.44 bits per heavy atom. The molecule has 2 aromatic rings. The van der Waals surface area contributed by atoms with Gasteiger partial charge in [0.2, 0.25) is 5.91 Å². The van der Waals surface area contributed by atoms with Crippen LogP contribution in [0.5, 0.6) is 5.75 Å². The predicted molar refractivity (Wildman–Crippen MR) is 140 cm³/mol. The maximum atomic E-state index is 13.1. The van der Waals surface area contributed by atoms with E-state index in [1.54, 1.807) is 4.90 Å². The topological polar surface area (TPSA) is 61.9 Å². The molecule has 3 heterocycles. The fraction of sp³-hybridized carbons (Fsp3) is 0.467. The minimum atomic E-state index is -0.466. The summed E-state index contributed by atoms with van der Waals surface area (Å²) in [4.78, 5) is 29.8. The van der Waals surface area contributed by atoms with Gasteiger partial charge in [0, 0.05) is 23.4 Å². The second-order valence-electron chi connectivity index (χ2n) is 10.8. The lowest BCUT2D eigenvalue weighted by Crippen LogP contribution is -2.49. The summed E-state index contributed by atoms with van der Waals surface area (Å²) in [5.74, 6) is 2.10. The molecule has 2 saturated heterocycles. The Morgan fingerprint density at radius 1 is 1.03 bits per heavy atom. The molecular weight excluding hydrogens is 450 g/mol. The van der Waals surface area contributed by atoms with E-state index in [4.69, 9.17) is 4.74 Å². The SMILES string of the molecule is C=C1CCC(N2Cc3c(OCc4ccc(CN5CCC(C(C)C)CC5)cc4)cccc3C2=O)C(=O)N1. The lowest BCUT2D eigenvalue weighted by atomic mass is 9.86.